The zero-order chi connectivity index (χ0) is 12.8. The molecule has 1 aromatic rings. The fourth-order valence-corrected chi connectivity index (χ4v) is 2.29. The van der Waals surface area contributed by atoms with Crippen LogP contribution >= 0.6 is 15.9 Å². The maximum atomic E-state index is 6.04. The second kappa shape index (κ2) is 6.82. The van der Waals surface area contributed by atoms with Gasteiger partial charge in [0.25, 0.3) is 0 Å². The molecule has 17 heavy (non-hydrogen) atoms. The molecular weight excluding hydrogens is 276 g/mol. The van der Waals surface area contributed by atoms with Crippen molar-refractivity contribution in [2.45, 2.75) is 26.3 Å². The van der Waals surface area contributed by atoms with Gasteiger partial charge in [0.15, 0.2) is 0 Å². The minimum Gasteiger partial charge on any atom is -0.368 e. The van der Waals surface area contributed by atoms with Gasteiger partial charge in [0.2, 0.25) is 0 Å². The summed E-state index contributed by atoms with van der Waals surface area (Å²) in [7, 11) is 0. The van der Waals surface area contributed by atoms with Crippen LogP contribution < -0.4 is 10.6 Å². The molecule has 0 amide bonds. The first kappa shape index (κ1) is 14.3. The van der Waals surface area contributed by atoms with Crippen molar-refractivity contribution in [1.29, 1.82) is 0 Å². The molecule has 0 aromatic heterocycles. The van der Waals surface area contributed by atoms with Crippen molar-refractivity contribution < 1.29 is 0 Å². The lowest BCUT2D eigenvalue weighted by atomic mass is 10.1. The fourth-order valence-electron chi connectivity index (χ4n) is 1.91. The first-order valence-electron chi connectivity index (χ1n) is 6.01. The highest BCUT2D eigenvalue weighted by Crippen LogP contribution is 2.28. The van der Waals surface area contributed by atoms with Gasteiger partial charge in [-0.1, -0.05) is 28.9 Å². The van der Waals surface area contributed by atoms with E-state index in [1.165, 1.54) is 11.3 Å². The number of nitrogens with zero attached hydrogens (tertiary/aromatic N) is 1. The number of halogens is 1. The third-order valence-electron chi connectivity index (χ3n) is 2.66. The molecule has 1 rings (SSSR count). The van der Waals surface area contributed by atoms with E-state index >= 15 is 0 Å². The predicted octanol–water partition coefficient (Wildman–Crippen LogP) is 3.87. The molecule has 94 valence electrons. The van der Waals surface area contributed by atoms with Gasteiger partial charge in [-0.3, -0.25) is 0 Å². The third-order valence-corrected chi connectivity index (χ3v) is 3.16. The van der Waals surface area contributed by atoms with Crippen LogP contribution in [0.3, 0.4) is 0 Å². The Kier molecular flexibility index (Phi) is 5.72. The quantitative estimate of drug-likeness (QED) is 0.808. The largest absolute Gasteiger partial charge is 0.368 e. The third kappa shape index (κ3) is 3.86. The SMILES string of the molecule is C=CCN(CCC)c1ccc(Br)cc1C(C)N. The van der Waals surface area contributed by atoms with Crippen molar-refractivity contribution in [2.75, 3.05) is 18.0 Å². The van der Waals surface area contributed by atoms with Crippen molar-refractivity contribution >= 4 is 21.6 Å². The van der Waals surface area contributed by atoms with Crippen molar-refractivity contribution in [2.24, 2.45) is 5.73 Å². The molecule has 0 saturated heterocycles. The van der Waals surface area contributed by atoms with E-state index in [0.29, 0.717) is 0 Å². The molecule has 0 aliphatic heterocycles. The minimum atomic E-state index is 0.0340. The second-order valence-corrected chi connectivity index (χ2v) is 5.14. The van der Waals surface area contributed by atoms with Gasteiger partial charge in [-0.25, -0.2) is 0 Å². The molecule has 1 atom stereocenters. The molecule has 2 nitrogen and oxygen atoms in total. The summed E-state index contributed by atoms with van der Waals surface area (Å²) < 4.78 is 1.07. The lowest BCUT2D eigenvalue weighted by Gasteiger charge is -2.27. The summed E-state index contributed by atoms with van der Waals surface area (Å²) in [6.45, 7) is 9.89. The Morgan fingerprint density at radius 3 is 2.76 bits per heavy atom. The molecule has 0 spiro atoms. The van der Waals surface area contributed by atoms with Crippen molar-refractivity contribution in [3.63, 3.8) is 0 Å². The molecule has 1 unspecified atom stereocenters. The van der Waals surface area contributed by atoms with Crippen LogP contribution in [0.4, 0.5) is 5.69 Å². The molecule has 1 aromatic carbocycles. The lowest BCUT2D eigenvalue weighted by molar-refractivity contribution is 0.774. The highest BCUT2D eigenvalue weighted by atomic mass is 79.9. The molecule has 0 heterocycles. The second-order valence-electron chi connectivity index (χ2n) is 4.23. The number of rotatable bonds is 6. The molecule has 0 saturated carbocycles. The van der Waals surface area contributed by atoms with Crippen LogP contribution in [0.2, 0.25) is 0 Å². The molecule has 0 aliphatic rings. The average molecular weight is 297 g/mol. The van der Waals surface area contributed by atoms with Crippen LogP contribution in [0.15, 0.2) is 35.3 Å². The summed E-state index contributed by atoms with van der Waals surface area (Å²) in [5, 5.41) is 0. The molecule has 0 aliphatic carbocycles. The van der Waals surface area contributed by atoms with Crippen molar-refractivity contribution in [3.8, 4) is 0 Å². The van der Waals surface area contributed by atoms with Crippen LogP contribution in [0.5, 0.6) is 0 Å². The summed E-state index contributed by atoms with van der Waals surface area (Å²) in [5.41, 5.74) is 8.43. The summed E-state index contributed by atoms with van der Waals surface area (Å²) in [6.07, 6.45) is 3.05. The Morgan fingerprint density at radius 2 is 2.24 bits per heavy atom. The topological polar surface area (TPSA) is 29.3 Å². The monoisotopic (exact) mass is 296 g/mol. The maximum Gasteiger partial charge on any atom is 0.0418 e. The Labute approximate surface area is 113 Å². The van der Waals surface area contributed by atoms with Crippen LogP contribution in [0.1, 0.15) is 31.9 Å². The predicted molar refractivity (Wildman–Crippen MR) is 79.4 cm³/mol. The minimum absolute atomic E-state index is 0.0340. The number of nitrogens with two attached hydrogens (primary N) is 1. The van der Waals surface area contributed by atoms with E-state index < -0.39 is 0 Å². The van der Waals surface area contributed by atoms with Crippen LogP contribution in [-0.2, 0) is 0 Å². The van der Waals surface area contributed by atoms with E-state index in [4.69, 9.17) is 5.73 Å². The summed E-state index contributed by atoms with van der Waals surface area (Å²) >= 11 is 3.50. The maximum absolute atomic E-state index is 6.04. The molecule has 3 heteroatoms. The standard InChI is InChI=1S/C14H21BrN2/c1-4-8-17(9-5-2)14-7-6-12(15)10-13(14)11(3)16/h4,6-7,10-11H,1,5,8-9,16H2,2-3H3. The van der Waals surface area contributed by atoms with Gasteiger partial charge >= 0.3 is 0 Å². The number of hydrogen-bond acceptors (Lipinski definition) is 2. The van der Waals surface area contributed by atoms with Gasteiger partial charge < -0.3 is 10.6 Å². The number of benzene rings is 1. The molecule has 0 fully saturated rings. The zero-order valence-corrected chi connectivity index (χ0v) is 12.2. The molecular formula is C14H21BrN2. The summed E-state index contributed by atoms with van der Waals surface area (Å²) in [6, 6.07) is 6.33. The molecule has 2 N–H and O–H groups in total. The smallest absolute Gasteiger partial charge is 0.0418 e. The van der Waals surface area contributed by atoms with Crippen molar-refractivity contribution in [1.82, 2.24) is 0 Å². The fraction of sp³-hybridized carbons (Fsp3) is 0.429. The normalized spacial score (nSPS) is 12.2. The molecule has 0 bridgehead atoms. The Balaban J connectivity index is 3.11. The summed E-state index contributed by atoms with van der Waals surface area (Å²) in [5.74, 6) is 0. The average Bonchev–Trinajstić information content (AvgIpc) is 2.28. The van der Waals surface area contributed by atoms with Crippen LogP contribution in [-0.4, -0.2) is 13.1 Å². The zero-order valence-electron chi connectivity index (χ0n) is 10.6. The van der Waals surface area contributed by atoms with E-state index in [2.05, 4.69) is 52.5 Å². The Morgan fingerprint density at radius 1 is 1.53 bits per heavy atom. The van der Waals surface area contributed by atoms with Gasteiger partial charge in [-0.15, -0.1) is 6.58 Å². The lowest BCUT2D eigenvalue weighted by Crippen LogP contribution is -2.26. The van der Waals surface area contributed by atoms with Gasteiger partial charge in [0.1, 0.15) is 0 Å². The first-order chi connectivity index (χ1) is 8.10. The van der Waals surface area contributed by atoms with E-state index in [9.17, 15) is 0 Å². The Hall–Kier alpha value is -0.800. The molecule has 0 radical (unpaired) electrons. The van der Waals surface area contributed by atoms with Crippen molar-refractivity contribution in [3.05, 3.63) is 40.9 Å². The van der Waals surface area contributed by atoms with Gasteiger partial charge in [0.05, 0.1) is 0 Å². The van der Waals surface area contributed by atoms with Crippen LogP contribution in [0.25, 0.3) is 0 Å². The highest BCUT2D eigenvalue weighted by molar-refractivity contribution is 9.10. The summed E-state index contributed by atoms with van der Waals surface area (Å²) in [4.78, 5) is 2.32. The van der Waals surface area contributed by atoms with Gasteiger partial charge in [0, 0.05) is 29.3 Å². The number of hydrogen-bond donors (Lipinski definition) is 1. The first-order valence-corrected chi connectivity index (χ1v) is 6.80. The van der Waals surface area contributed by atoms with Gasteiger partial charge in [-0.2, -0.15) is 0 Å². The van der Waals surface area contributed by atoms with E-state index in [0.717, 1.165) is 24.0 Å². The highest BCUT2D eigenvalue weighted by Gasteiger charge is 2.12. The number of anilines is 1. The Bertz CT molecular complexity index is 374. The van der Waals surface area contributed by atoms with Crippen LogP contribution in [0, 0.1) is 0 Å². The van der Waals surface area contributed by atoms with Gasteiger partial charge in [-0.05, 0) is 37.1 Å². The van der Waals surface area contributed by atoms with E-state index in [1.807, 2.05) is 13.0 Å². The van der Waals surface area contributed by atoms with E-state index in [1.54, 1.807) is 0 Å². The van der Waals surface area contributed by atoms with E-state index in [-0.39, 0.29) is 6.04 Å².